The standard InChI is InChI=1S/C21H29N5O2/c1-24-21(28)26(18-7-8-18)20(23-24)17-10-13-25(14-11-17)15-19(27)22-12-9-16-5-3-2-4-6-16/h2-6,17-18H,7-15H2,1H3,(H,22,27). The fraction of sp³-hybridized carbons (Fsp3) is 0.571. The van der Waals surface area contributed by atoms with Gasteiger partial charge in [-0.05, 0) is 50.8 Å². The highest BCUT2D eigenvalue weighted by atomic mass is 16.2. The molecule has 0 radical (unpaired) electrons. The molecular formula is C21H29N5O2. The summed E-state index contributed by atoms with van der Waals surface area (Å²) in [5.74, 6) is 1.34. The van der Waals surface area contributed by atoms with Crippen molar-refractivity contribution < 1.29 is 4.79 Å². The van der Waals surface area contributed by atoms with Gasteiger partial charge in [0.2, 0.25) is 5.91 Å². The van der Waals surface area contributed by atoms with Crippen LogP contribution in [0.2, 0.25) is 0 Å². The number of aromatic nitrogens is 3. The molecule has 0 unspecified atom stereocenters. The van der Waals surface area contributed by atoms with E-state index in [4.69, 9.17) is 0 Å². The van der Waals surface area contributed by atoms with Crippen LogP contribution in [0.4, 0.5) is 0 Å². The molecule has 2 heterocycles. The van der Waals surface area contributed by atoms with Crippen molar-refractivity contribution in [2.75, 3.05) is 26.2 Å². The average molecular weight is 383 g/mol. The molecule has 2 fully saturated rings. The van der Waals surface area contributed by atoms with Crippen LogP contribution in [-0.4, -0.2) is 51.3 Å². The Morgan fingerprint density at radius 1 is 1.14 bits per heavy atom. The van der Waals surface area contributed by atoms with Crippen LogP contribution in [0.1, 0.15) is 49.0 Å². The number of piperidine rings is 1. The van der Waals surface area contributed by atoms with Crippen molar-refractivity contribution in [3.8, 4) is 0 Å². The quantitative estimate of drug-likeness (QED) is 0.786. The largest absolute Gasteiger partial charge is 0.355 e. The summed E-state index contributed by atoms with van der Waals surface area (Å²) in [6.45, 7) is 2.85. The minimum absolute atomic E-state index is 0.0118. The van der Waals surface area contributed by atoms with Gasteiger partial charge in [-0.3, -0.25) is 14.3 Å². The first-order chi connectivity index (χ1) is 13.6. The SMILES string of the molecule is Cn1nc(C2CCN(CC(=O)NCCc3ccccc3)CC2)n(C2CC2)c1=O. The number of rotatable bonds is 7. The van der Waals surface area contributed by atoms with Gasteiger partial charge in [0, 0.05) is 25.6 Å². The Hall–Kier alpha value is -2.41. The van der Waals surface area contributed by atoms with Crippen molar-refractivity contribution in [3.05, 3.63) is 52.2 Å². The van der Waals surface area contributed by atoms with E-state index >= 15 is 0 Å². The summed E-state index contributed by atoms with van der Waals surface area (Å²) in [4.78, 5) is 26.8. The second-order valence-corrected chi connectivity index (χ2v) is 8.00. The van der Waals surface area contributed by atoms with Crippen molar-refractivity contribution >= 4 is 5.91 Å². The molecule has 2 aliphatic rings. The molecule has 7 heteroatoms. The number of hydrogen-bond donors (Lipinski definition) is 1. The first-order valence-corrected chi connectivity index (χ1v) is 10.3. The lowest BCUT2D eigenvalue weighted by Crippen LogP contribution is -2.42. The third-order valence-electron chi connectivity index (χ3n) is 5.79. The van der Waals surface area contributed by atoms with E-state index in [0.29, 0.717) is 25.0 Å². The zero-order chi connectivity index (χ0) is 19.5. The van der Waals surface area contributed by atoms with E-state index in [2.05, 4.69) is 27.4 Å². The molecule has 7 nitrogen and oxygen atoms in total. The van der Waals surface area contributed by atoms with E-state index in [1.54, 1.807) is 7.05 Å². The Kier molecular flexibility index (Phi) is 5.62. The predicted molar refractivity (Wildman–Crippen MR) is 107 cm³/mol. The number of aryl methyl sites for hydroxylation is 1. The van der Waals surface area contributed by atoms with Crippen LogP contribution >= 0.6 is 0 Å². The maximum absolute atomic E-state index is 12.3. The molecule has 1 saturated carbocycles. The van der Waals surface area contributed by atoms with E-state index in [-0.39, 0.29) is 11.6 Å². The third-order valence-corrected chi connectivity index (χ3v) is 5.79. The maximum Gasteiger partial charge on any atom is 0.345 e. The van der Waals surface area contributed by atoms with E-state index in [1.807, 2.05) is 22.8 Å². The number of carbonyl (C=O) groups is 1. The van der Waals surface area contributed by atoms with E-state index in [9.17, 15) is 9.59 Å². The first-order valence-electron chi connectivity index (χ1n) is 10.3. The van der Waals surface area contributed by atoms with Crippen LogP contribution in [0.3, 0.4) is 0 Å². The highest BCUT2D eigenvalue weighted by Crippen LogP contribution is 2.37. The van der Waals surface area contributed by atoms with Gasteiger partial charge in [0.15, 0.2) is 0 Å². The van der Waals surface area contributed by atoms with Crippen LogP contribution in [0, 0.1) is 0 Å². The van der Waals surface area contributed by atoms with Gasteiger partial charge in [-0.2, -0.15) is 5.10 Å². The zero-order valence-electron chi connectivity index (χ0n) is 16.5. The molecule has 1 saturated heterocycles. The molecule has 1 aliphatic carbocycles. The Balaban J connectivity index is 1.24. The van der Waals surface area contributed by atoms with Crippen LogP contribution in [0.25, 0.3) is 0 Å². The highest BCUT2D eigenvalue weighted by molar-refractivity contribution is 5.78. The molecule has 1 aromatic heterocycles. The number of carbonyl (C=O) groups excluding carboxylic acids is 1. The van der Waals surface area contributed by atoms with Gasteiger partial charge in [-0.25, -0.2) is 9.48 Å². The van der Waals surface area contributed by atoms with Gasteiger partial charge < -0.3 is 5.32 Å². The topological polar surface area (TPSA) is 72.2 Å². The number of nitrogens with one attached hydrogen (secondary N) is 1. The average Bonchev–Trinajstić information content (AvgIpc) is 3.49. The van der Waals surface area contributed by atoms with Crippen molar-refractivity contribution in [3.63, 3.8) is 0 Å². The Labute approximate surface area is 165 Å². The van der Waals surface area contributed by atoms with E-state index in [0.717, 1.165) is 51.0 Å². The molecular weight excluding hydrogens is 354 g/mol. The van der Waals surface area contributed by atoms with Gasteiger partial charge >= 0.3 is 5.69 Å². The summed E-state index contributed by atoms with van der Waals surface area (Å²) in [6.07, 6.45) is 4.91. The molecule has 28 heavy (non-hydrogen) atoms. The highest BCUT2D eigenvalue weighted by Gasteiger charge is 2.33. The molecule has 4 rings (SSSR count). The summed E-state index contributed by atoms with van der Waals surface area (Å²) in [5.41, 5.74) is 1.25. The van der Waals surface area contributed by atoms with Gasteiger partial charge in [0.25, 0.3) is 0 Å². The first kappa shape index (κ1) is 18.9. The molecule has 1 aromatic carbocycles. The van der Waals surface area contributed by atoms with Gasteiger partial charge in [0.1, 0.15) is 5.82 Å². The van der Waals surface area contributed by atoms with Gasteiger partial charge in [0.05, 0.1) is 6.54 Å². The Morgan fingerprint density at radius 3 is 2.54 bits per heavy atom. The van der Waals surface area contributed by atoms with Crippen LogP contribution in [-0.2, 0) is 18.3 Å². The fourth-order valence-electron chi connectivity index (χ4n) is 4.05. The summed E-state index contributed by atoms with van der Waals surface area (Å²) in [6, 6.07) is 10.5. The summed E-state index contributed by atoms with van der Waals surface area (Å²) in [7, 11) is 1.74. The van der Waals surface area contributed by atoms with Crippen molar-refractivity contribution in [2.45, 2.75) is 44.1 Å². The summed E-state index contributed by atoms with van der Waals surface area (Å²) in [5, 5.41) is 7.54. The Morgan fingerprint density at radius 2 is 1.86 bits per heavy atom. The second-order valence-electron chi connectivity index (χ2n) is 8.00. The predicted octanol–water partition coefficient (Wildman–Crippen LogP) is 1.45. The minimum Gasteiger partial charge on any atom is -0.355 e. The molecule has 0 spiro atoms. The van der Waals surface area contributed by atoms with Crippen molar-refractivity contribution in [2.24, 2.45) is 7.05 Å². The van der Waals surface area contributed by atoms with Crippen molar-refractivity contribution in [1.29, 1.82) is 0 Å². The number of likely N-dealkylation sites (tertiary alicyclic amines) is 1. The zero-order valence-corrected chi connectivity index (χ0v) is 16.5. The van der Waals surface area contributed by atoms with E-state index in [1.165, 1.54) is 10.2 Å². The smallest absolute Gasteiger partial charge is 0.345 e. The van der Waals surface area contributed by atoms with Gasteiger partial charge in [-0.15, -0.1) is 0 Å². The summed E-state index contributed by atoms with van der Waals surface area (Å²) >= 11 is 0. The number of hydrogen-bond acceptors (Lipinski definition) is 4. The van der Waals surface area contributed by atoms with Crippen molar-refractivity contribution in [1.82, 2.24) is 24.6 Å². The normalized spacial score (nSPS) is 18.3. The monoisotopic (exact) mass is 383 g/mol. The molecule has 2 aromatic rings. The number of amides is 1. The van der Waals surface area contributed by atoms with E-state index < -0.39 is 0 Å². The fourth-order valence-corrected chi connectivity index (χ4v) is 4.05. The van der Waals surface area contributed by atoms with Crippen LogP contribution in [0.5, 0.6) is 0 Å². The number of benzene rings is 1. The second kappa shape index (κ2) is 8.31. The van der Waals surface area contributed by atoms with Crippen LogP contribution < -0.4 is 11.0 Å². The lowest BCUT2D eigenvalue weighted by molar-refractivity contribution is -0.122. The molecule has 1 amide bonds. The summed E-state index contributed by atoms with van der Waals surface area (Å²) < 4.78 is 3.39. The molecule has 0 bridgehead atoms. The number of nitrogens with zero attached hydrogens (tertiary/aromatic N) is 4. The third kappa shape index (κ3) is 4.35. The lowest BCUT2D eigenvalue weighted by atomic mass is 9.96. The lowest BCUT2D eigenvalue weighted by Gasteiger charge is -2.31. The maximum atomic E-state index is 12.3. The minimum atomic E-state index is 0.0118. The van der Waals surface area contributed by atoms with Crippen LogP contribution in [0.15, 0.2) is 35.1 Å². The molecule has 1 aliphatic heterocycles. The Bertz CT molecular complexity index is 861. The van der Waals surface area contributed by atoms with Gasteiger partial charge in [-0.1, -0.05) is 30.3 Å². The molecule has 1 N–H and O–H groups in total. The molecule has 0 atom stereocenters. The molecule has 150 valence electrons.